The summed E-state index contributed by atoms with van der Waals surface area (Å²) in [7, 11) is 0. The molecule has 0 saturated heterocycles. The highest BCUT2D eigenvalue weighted by Gasteiger charge is 2.17. The average molecular weight is 295 g/mol. The summed E-state index contributed by atoms with van der Waals surface area (Å²) in [5.41, 5.74) is 0. The van der Waals surface area contributed by atoms with Gasteiger partial charge in [0.2, 0.25) is 0 Å². The van der Waals surface area contributed by atoms with Crippen LogP contribution in [0.25, 0.3) is 0 Å². The number of hydrogen-bond donors (Lipinski definition) is 1. The predicted molar refractivity (Wildman–Crippen MR) is 86.4 cm³/mol. The second-order valence-electron chi connectivity index (χ2n) is 6.29. The number of nitrogens with zero attached hydrogens (tertiary/aromatic N) is 2. The Hall–Kier alpha value is -0.480. The van der Waals surface area contributed by atoms with E-state index in [1.165, 1.54) is 55.0 Å². The molecule has 3 nitrogen and oxygen atoms in total. The lowest BCUT2D eigenvalue weighted by molar-refractivity contribution is 0.453. The van der Waals surface area contributed by atoms with Crippen LogP contribution in [0, 0.1) is 0 Å². The lowest BCUT2D eigenvalue weighted by Crippen LogP contribution is -2.23. The maximum absolute atomic E-state index is 4.47. The monoisotopic (exact) mass is 295 g/mol. The number of aryl methyl sites for hydroxylation is 1. The Kier molecular flexibility index (Phi) is 6.94. The fraction of sp³-hybridized carbons (Fsp3) is 0.875. The van der Waals surface area contributed by atoms with Crippen molar-refractivity contribution < 1.29 is 0 Å². The van der Waals surface area contributed by atoms with E-state index in [1.54, 1.807) is 0 Å². The van der Waals surface area contributed by atoms with Crippen molar-refractivity contribution in [2.24, 2.45) is 0 Å². The molecule has 1 saturated carbocycles. The van der Waals surface area contributed by atoms with Crippen LogP contribution >= 0.6 is 11.3 Å². The molecule has 0 unspecified atom stereocenters. The third-order valence-electron chi connectivity index (χ3n) is 4.06. The van der Waals surface area contributed by atoms with Gasteiger partial charge in [0.15, 0.2) is 0 Å². The normalized spacial score (nSPS) is 18.1. The van der Waals surface area contributed by atoms with Gasteiger partial charge >= 0.3 is 0 Å². The van der Waals surface area contributed by atoms with Crippen molar-refractivity contribution in [3.63, 3.8) is 0 Å². The molecule has 1 fully saturated rings. The van der Waals surface area contributed by atoms with Crippen molar-refractivity contribution in [1.82, 2.24) is 15.5 Å². The zero-order chi connectivity index (χ0) is 14.2. The highest BCUT2D eigenvalue weighted by Crippen LogP contribution is 2.32. The van der Waals surface area contributed by atoms with Gasteiger partial charge in [0.05, 0.1) is 0 Å². The molecule has 114 valence electrons. The van der Waals surface area contributed by atoms with Gasteiger partial charge in [0.25, 0.3) is 0 Å². The highest BCUT2D eigenvalue weighted by atomic mass is 32.1. The molecule has 0 atom stereocenters. The Morgan fingerprint density at radius 3 is 2.50 bits per heavy atom. The summed E-state index contributed by atoms with van der Waals surface area (Å²) in [5.74, 6) is 0.690. The third-order valence-corrected chi connectivity index (χ3v) is 5.20. The molecule has 0 amide bonds. The van der Waals surface area contributed by atoms with Gasteiger partial charge in [0.1, 0.15) is 10.0 Å². The molecule has 1 aliphatic rings. The molecule has 20 heavy (non-hydrogen) atoms. The molecular formula is C16H29N3S. The minimum absolute atomic E-state index is 0.579. The summed E-state index contributed by atoms with van der Waals surface area (Å²) >= 11 is 1.86. The first-order chi connectivity index (χ1) is 9.75. The van der Waals surface area contributed by atoms with E-state index in [1.807, 2.05) is 11.3 Å². The van der Waals surface area contributed by atoms with Crippen molar-refractivity contribution in [1.29, 1.82) is 0 Å². The minimum Gasteiger partial charge on any atom is -0.315 e. The van der Waals surface area contributed by atoms with Crippen LogP contribution in [0.4, 0.5) is 0 Å². The second kappa shape index (κ2) is 8.73. The number of hydrogen-bond acceptors (Lipinski definition) is 4. The Morgan fingerprint density at radius 2 is 1.80 bits per heavy atom. The van der Waals surface area contributed by atoms with Crippen molar-refractivity contribution in [2.45, 2.75) is 83.6 Å². The second-order valence-corrected chi connectivity index (χ2v) is 7.38. The van der Waals surface area contributed by atoms with Gasteiger partial charge in [-0.05, 0) is 25.8 Å². The molecule has 1 heterocycles. The molecule has 0 spiro atoms. The third kappa shape index (κ3) is 5.49. The van der Waals surface area contributed by atoms with Crippen molar-refractivity contribution >= 4 is 11.3 Å². The first-order valence-corrected chi connectivity index (χ1v) is 9.13. The van der Waals surface area contributed by atoms with Crippen LogP contribution in [-0.2, 0) is 6.42 Å². The summed E-state index contributed by atoms with van der Waals surface area (Å²) in [6.07, 6.45) is 11.9. The van der Waals surface area contributed by atoms with E-state index in [0.717, 1.165) is 19.4 Å². The summed E-state index contributed by atoms with van der Waals surface area (Å²) in [6, 6.07) is 0.579. The maximum Gasteiger partial charge on any atom is 0.120 e. The molecule has 0 bridgehead atoms. The molecule has 0 aliphatic heterocycles. The number of nitrogens with one attached hydrogen (secondary N) is 1. The minimum atomic E-state index is 0.579. The van der Waals surface area contributed by atoms with Crippen LogP contribution in [0.3, 0.4) is 0 Å². The van der Waals surface area contributed by atoms with Gasteiger partial charge in [-0.1, -0.05) is 46.0 Å². The van der Waals surface area contributed by atoms with E-state index in [9.17, 15) is 0 Å². The SMILES string of the molecule is CC(C)NCCCc1nnc(C2CCCCCCC2)s1. The topological polar surface area (TPSA) is 37.8 Å². The Bertz CT molecular complexity index is 368. The van der Waals surface area contributed by atoms with Crippen LogP contribution in [0.2, 0.25) is 0 Å². The summed E-state index contributed by atoms with van der Waals surface area (Å²) in [6.45, 7) is 5.46. The van der Waals surface area contributed by atoms with E-state index < -0.39 is 0 Å². The Morgan fingerprint density at radius 1 is 1.10 bits per heavy atom. The van der Waals surface area contributed by atoms with Crippen molar-refractivity contribution in [3.8, 4) is 0 Å². The van der Waals surface area contributed by atoms with E-state index in [0.29, 0.717) is 12.0 Å². The standard InChI is InChI=1S/C16H29N3S/c1-13(2)17-12-8-11-15-18-19-16(20-15)14-9-6-4-3-5-7-10-14/h13-14,17H,3-12H2,1-2H3. The Balaban J connectivity index is 1.78. The number of aromatic nitrogens is 2. The average Bonchev–Trinajstić information content (AvgIpc) is 2.83. The fourth-order valence-electron chi connectivity index (χ4n) is 2.87. The molecular weight excluding hydrogens is 266 g/mol. The summed E-state index contributed by atoms with van der Waals surface area (Å²) < 4.78 is 0. The van der Waals surface area contributed by atoms with Crippen LogP contribution in [-0.4, -0.2) is 22.8 Å². The maximum atomic E-state index is 4.47. The quantitative estimate of drug-likeness (QED) is 0.795. The van der Waals surface area contributed by atoms with E-state index in [2.05, 4.69) is 29.4 Å². The van der Waals surface area contributed by atoms with E-state index in [4.69, 9.17) is 0 Å². The summed E-state index contributed by atoms with van der Waals surface area (Å²) in [4.78, 5) is 0. The molecule has 0 radical (unpaired) electrons. The molecule has 1 aromatic heterocycles. The molecule has 4 heteroatoms. The molecule has 1 aliphatic carbocycles. The first kappa shape index (κ1) is 15.9. The molecule has 1 N–H and O–H groups in total. The molecule has 2 rings (SSSR count). The largest absolute Gasteiger partial charge is 0.315 e. The van der Waals surface area contributed by atoms with Gasteiger partial charge in [0, 0.05) is 18.4 Å². The van der Waals surface area contributed by atoms with Crippen LogP contribution < -0.4 is 5.32 Å². The fourth-order valence-corrected chi connectivity index (χ4v) is 3.92. The highest BCUT2D eigenvalue weighted by molar-refractivity contribution is 7.11. The van der Waals surface area contributed by atoms with Gasteiger partial charge < -0.3 is 5.32 Å². The first-order valence-electron chi connectivity index (χ1n) is 8.31. The zero-order valence-electron chi connectivity index (χ0n) is 13.0. The van der Waals surface area contributed by atoms with Crippen LogP contribution in [0.15, 0.2) is 0 Å². The smallest absolute Gasteiger partial charge is 0.120 e. The van der Waals surface area contributed by atoms with Crippen LogP contribution in [0.5, 0.6) is 0 Å². The van der Waals surface area contributed by atoms with Gasteiger partial charge in [-0.3, -0.25) is 0 Å². The van der Waals surface area contributed by atoms with E-state index >= 15 is 0 Å². The lowest BCUT2D eigenvalue weighted by Gasteiger charge is -2.16. The summed E-state index contributed by atoms with van der Waals surface area (Å²) in [5, 5.41) is 14.9. The molecule has 0 aromatic carbocycles. The zero-order valence-corrected chi connectivity index (χ0v) is 13.8. The van der Waals surface area contributed by atoms with Crippen molar-refractivity contribution in [2.75, 3.05) is 6.54 Å². The predicted octanol–water partition coefficient (Wildman–Crippen LogP) is 4.30. The van der Waals surface area contributed by atoms with Crippen molar-refractivity contribution in [3.05, 3.63) is 10.0 Å². The Labute approximate surface area is 127 Å². The lowest BCUT2D eigenvalue weighted by atomic mass is 9.92. The van der Waals surface area contributed by atoms with Gasteiger partial charge in [-0.2, -0.15) is 0 Å². The molecule has 1 aromatic rings. The van der Waals surface area contributed by atoms with Gasteiger partial charge in [-0.15, -0.1) is 21.5 Å². The van der Waals surface area contributed by atoms with Crippen LogP contribution in [0.1, 0.15) is 81.1 Å². The number of rotatable bonds is 6. The van der Waals surface area contributed by atoms with Gasteiger partial charge in [-0.25, -0.2) is 0 Å². The van der Waals surface area contributed by atoms with E-state index in [-0.39, 0.29) is 0 Å².